The minimum absolute atomic E-state index is 0.0698. The SMILES string of the molecule is CC1(C)CCC(CC2CCCCCC2O)O1. The van der Waals surface area contributed by atoms with Crippen LogP contribution in [0.15, 0.2) is 0 Å². The minimum Gasteiger partial charge on any atom is -0.393 e. The lowest BCUT2D eigenvalue weighted by atomic mass is 9.90. The van der Waals surface area contributed by atoms with E-state index in [2.05, 4.69) is 13.8 Å². The third kappa shape index (κ3) is 3.21. The minimum atomic E-state index is -0.0742. The summed E-state index contributed by atoms with van der Waals surface area (Å²) in [6.07, 6.45) is 9.73. The van der Waals surface area contributed by atoms with Crippen LogP contribution >= 0.6 is 0 Å². The second-order valence-electron chi connectivity index (χ2n) is 6.24. The fraction of sp³-hybridized carbons (Fsp3) is 1.00. The molecule has 1 saturated heterocycles. The van der Waals surface area contributed by atoms with Crippen LogP contribution in [0.3, 0.4) is 0 Å². The molecule has 0 aromatic carbocycles. The van der Waals surface area contributed by atoms with Crippen molar-refractivity contribution in [3.8, 4) is 0 Å². The summed E-state index contributed by atoms with van der Waals surface area (Å²) < 4.78 is 6.03. The molecule has 1 heterocycles. The van der Waals surface area contributed by atoms with Crippen molar-refractivity contribution in [1.29, 1.82) is 0 Å². The van der Waals surface area contributed by atoms with Crippen LogP contribution in [0.4, 0.5) is 0 Å². The molecule has 3 atom stereocenters. The van der Waals surface area contributed by atoms with Crippen LogP contribution in [0.2, 0.25) is 0 Å². The fourth-order valence-electron chi connectivity index (χ4n) is 3.22. The molecule has 0 amide bonds. The van der Waals surface area contributed by atoms with Gasteiger partial charge in [0.1, 0.15) is 0 Å². The van der Waals surface area contributed by atoms with Crippen molar-refractivity contribution in [1.82, 2.24) is 0 Å². The Morgan fingerprint density at radius 1 is 1.12 bits per heavy atom. The molecular formula is C14H26O2. The van der Waals surface area contributed by atoms with Gasteiger partial charge in [0.05, 0.1) is 17.8 Å². The predicted octanol–water partition coefficient (Wildman–Crippen LogP) is 3.28. The van der Waals surface area contributed by atoms with Gasteiger partial charge in [-0.2, -0.15) is 0 Å². The van der Waals surface area contributed by atoms with E-state index < -0.39 is 0 Å². The van der Waals surface area contributed by atoms with E-state index in [0.29, 0.717) is 12.0 Å². The molecular weight excluding hydrogens is 200 g/mol. The largest absolute Gasteiger partial charge is 0.393 e. The molecule has 3 unspecified atom stereocenters. The maximum atomic E-state index is 10.1. The summed E-state index contributed by atoms with van der Waals surface area (Å²) in [5.41, 5.74) is 0.0698. The Kier molecular flexibility index (Phi) is 3.91. The van der Waals surface area contributed by atoms with Crippen LogP contribution < -0.4 is 0 Å². The number of rotatable bonds is 2. The molecule has 0 radical (unpaired) electrons. The molecule has 94 valence electrons. The van der Waals surface area contributed by atoms with Crippen molar-refractivity contribution in [3.05, 3.63) is 0 Å². The lowest BCUT2D eigenvalue weighted by Gasteiger charge is -2.25. The van der Waals surface area contributed by atoms with Crippen LogP contribution in [0.25, 0.3) is 0 Å². The van der Waals surface area contributed by atoms with Crippen molar-refractivity contribution in [3.63, 3.8) is 0 Å². The molecule has 1 N–H and O–H groups in total. The first kappa shape index (κ1) is 12.4. The second kappa shape index (κ2) is 5.05. The highest BCUT2D eigenvalue weighted by Crippen LogP contribution is 2.35. The second-order valence-corrected chi connectivity index (χ2v) is 6.24. The van der Waals surface area contributed by atoms with Crippen LogP contribution in [0.1, 0.15) is 65.2 Å². The average molecular weight is 226 g/mol. The molecule has 2 nitrogen and oxygen atoms in total. The van der Waals surface area contributed by atoms with E-state index >= 15 is 0 Å². The van der Waals surface area contributed by atoms with Gasteiger partial charge in [0.2, 0.25) is 0 Å². The molecule has 0 bridgehead atoms. The Hall–Kier alpha value is -0.0800. The van der Waals surface area contributed by atoms with E-state index in [1.807, 2.05) is 0 Å². The van der Waals surface area contributed by atoms with Crippen molar-refractivity contribution in [2.75, 3.05) is 0 Å². The molecule has 2 aliphatic rings. The molecule has 16 heavy (non-hydrogen) atoms. The Balaban J connectivity index is 1.84. The summed E-state index contributed by atoms with van der Waals surface area (Å²) in [6.45, 7) is 4.35. The van der Waals surface area contributed by atoms with Gasteiger partial charge in [0.25, 0.3) is 0 Å². The van der Waals surface area contributed by atoms with Crippen molar-refractivity contribution in [2.45, 2.75) is 83.0 Å². The van der Waals surface area contributed by atoms with Crippen molar-refractivity contribution < 1.29 is 9.84 Å². The standard InChI is InChI=1S/C14H26O2/c1-14(2)9-8-12(16-14)10-11-6-4-3-5-7-13(11)15/h11-13,15H,3-10H2,1-2H3. The summed E-state index contributed by atoms with van der Waals surface area (Å²) in [4.78, 5) is 0. The fourth-order valence-corrected chi connectivity index (χ4v) is 3.22. The van der Waals surface area contributed by atoms with E-state index in [1.54, 1.807) is 0 Å². The zero-order valence-corrected chi connectivity index (χ0v) is 10.7. The maximum Gasteiger partial charge on any atom is 0.0631 e. The zero-order chi connectivity index (χ0) is 11.6. The first-order valence-corrected chi connectivity index (χ1v) is 6.93. The number of aliphatic hydroxyl groups is 1. The lowest BCUT2D eigenvalue weighted by molar-refractivity contribution is -0.0356. The Morgan fingerprint density at radius 3 is 2.56 bits per heavy atom. The summed E-state index contributed by atoms with van der Waals surface area (Å²) in [5, 5.41) is 10.1. The highest BCUT2D eigenvalue weighted by Gasteiger charge is 2.34. The van der Waals surface area contributed by atoms with E-state index in [-0.39, 0.29) is 11.7 Å². The molecule has 1 saturated carbocycles. The summed E-state index contributed by atoms with van der Waals surface area (Å²) >= 11 is 0. The lowest BCUT2D eigenvalue weighted by Crippen LogP contribution is -2.26. The Labute approximate surface area is 99.4 Å². The smallest absolute Gasteiger partial charge is 0.0631 e. The molecule has 2 fully saturated rings. The summed E-state index contributed by atoms with van der Waals surface area (Å²) in [5.74, 6) is 0.487. The number of aliphatic hydroxyl groups excluding tert-OH is 1. The normalized spacial score (nSPS) is 39.6. The van der Waals surface area contributed by atoms with Gasteiger partial charge >= 0.3 is 0 Å². The van der Waals surface area contributed by atoms with Crippen molar-refractivity contribution in [2.24, 2.45) is 5.92 Å². The zero-order valence-electron chi connectivity index (χ0n) is 10.7. The van der Waals surface area contributed by atoms with Gasteiger partial charge in [-0.1, -0.05) is 19.3 Å². The Bertz CT molecular complexity index is 225. The topological polar surface area (TPSA) is 29.5 Å². The first-order chi connectivity index (χ1) is 7.57. The van der Waals surface area contributed by atoms with Gasteiger partial charge in [-0.25, -0.2) is 0 Å². The van der Waals surface area contributed by atoms with E-state index in [9.17, 15) is 5.11 Å². The van der Waals surface area contributed by atoms with Gasteiger partial charge in [-0.05, 0) is 51.9 Å². The molecule has 2 heteroatoms. The first-order valence-electron chi connectivity index (χ1n) is 6.93. The van der Waals surface area contributed by atoms with Gasteiger partial charge in [0.15, 0.2) is 0 Å². The molecule has 0 aromatic rings. The third-order valence-electron chi connectivity index (χ3n) is 4.24. The highest BCUT2D eigenvalue weighted by atomic mass is 16.5. The monoisotopic (exact) mass is 226 g/mol. The van der Waals surface area contributed by atoms with Crippen LogP contribution in [-0.2, 0) is 4.74 Å². The van der Waals surface area contributed by atoms with Gasteiger partial charge < -0.3 is 9.84 Å². The number of ether oxygens (including phenoxy) is 1. The molecule has 0 aromatic heterocycles. The van der Waals surface area contributed by atoms with Gasteiger partial charge in [-0.15, -0.1) is 0 Å². The van der Waals surface area contributed by atoms with Crippen LogP contribution in [0.5, 0.6) is 0 Å². The average Bonchev–Trinajstić information content (AvgIpc) is 2.41. The van der Waals surface area contributed by atoms with E-state index in [1.165, 1.54) is 38.5 Å². The maximum absolute atomic E-state index is 10.1. The quantitative estimate of drug-likeness (QED) is 0.732. The molecule has 1 aliphatic carbocycles. The molecule has 1 aliphatic heterocycles. The number of hydrogen-bond acceptors (Lipinski definition) is 2. The third-order valence-corrected chi connectivity index (χ3v) is 4.24. The van der Waals surface area contributed by atoms with Gasteiger partial charge in [0, 0.05) is 0 Å². The highest BCUT2D eigenvalue weighted by molar-refractivity contribution is 4.84. The summed E-state index contributed by atoms with van der Waals surface area (Å²) in [7, 11) is 0. The molecule has 0 spiro atoms. The van der Waals surface area contributed by atoms with Gasteiger partial charge in [-0.3, -0.25) is 0 Å². The molecule has 2 rings (SSSR count). The van der Waals surface area contributed by atoms with Crippen molar-refractivity contribution >= 4 is 0 Å². The predicted molar refractivity (Wildman–Crippen MR) is 65.4 cm³/mol. The summed E-state index contributed by atoms with van der Waals surface area (Å²) in [6, 6.07) is 0. The van der Waals surface area contributed by atoms with Crippen LogP contribution in [0, 0.1) is 5.92 Å². The van der Waals surface area contributed by atoms with Crippen LogP contribution in [-0.4, -0.2) is 22.9 Å². The Morgan fingerprint density at radius 2 is 1.88 bits per heavy atom. The van der Waals surface area contributed by atoms with E-state index in [0.717, 1.165) is 12.8 Å². The van der Waals surface area contributed by atoms with E-state index in [4.69, 9.17) is 4.74 Å². The number of hydrogen-bond donors (Lipinski definition) is 1.